The minimum Gasteiger partial charge on any atom is -0.293 e. The minimum atomic E-state index is -4.21. The molecule has 2 atom stereocenters. The molecule has 1 fully saturated rings. The molecule has 1 heterocycles. The van der Waals surface area contributed by atoms with Crippen LogP contribution >= 0.6 is 0 Å². The molecule has 1 rings (SSSR count). The number of piperazine rings is 1. The normalized spacial score (nSPS) is 30.8. The summed E-state index contributed by atoms with van der Waals surface area (Å²) >= 11 is 0. The van der Waals surface area contributed by atoms with Gasteiger partial charge in [-0.25, -0.2) is 4.90 Å². The molecule has 16 heavy (non-hydrogen) atoms. The van der Waals surface area contributed by atoms with Crippen molar-refractivity contribution in [3.63, 3.8) is 0 Å². The van der Waals surface area contributed by atoms with E-state index in [9.17, 15) is 13.2 Å². The first-order valence-electron chi connectivity index (χ1n) is 5.65. The van der Waals surface area contributed by atoms with Gasteiger partial charge in [-0.2, -0.15) is 13.2 Å². The fourth-order valence-corrected chi connectivity index (χ4v) is 2.45. The molecule has 0 aliphatic carbocycles. The average Bonchev–Trinajstić information content (AvgIpc) is 2.05. The second kappa shape index (κ2) is 4.18. The predicted octanol–water partition coefficient (Wildman–Crippen LogP) is 2.70. The molecule has 1 aliphatic heterocycles. The monoisotopic (exact) mass is 238 g/mol. The van der Waals surface area contributed by atoms with Crippen LogP contribution in [0.3, 0.4) is 0 Å². The molecule has 0 spiro atoms. The van der Waals surface area contributed by atoms with Crippen molar-refractivity contribution in [2.75, 3.05) is 13.1 Å². The fourth-order valence-electron chi connectivity index (χ4n) is 2.45. The van der Waals surface area contributed by atoms with E-state index in [1.54, 1.807) is 6.92 Å². The highest BCUT2D eigenvalue weighted by Gasteiger charge is 2.47. The summed E-state index contributed by atoms with van der Waals surface area (Å²) in [6.45, 7) is 10.2. The quantitative estimate of drug-likeness (QED) is 0.599. The van der Waals surface area contributed by atoms with E-state index in [1.807, 2.05) is 27.7 Å². The van der Waals surface area contributed by atoms with Crippen molar-refractivity contribution in [3.05, 3.63) is 0 Å². The van der Waals surface area contributed by atoms with Crippen molar-refractivity contribution in [1.29, 1.82) is 0 Å². The second-order valence-corrected chi connectivity index (χ2v) is 5.51. The van der Waals surface area contributed by atoms with E-state index in [1.165, 1.54) is 0 Å². The Morgan fingerprint density at radius 3 is 1.62 bits per heavy atom. The smallest absolute Gasteiger partial charge is 0.293 e. The molecule has 0 bridgehead atoms. The lowest BCUT2D eigenvalue weighted by molar-refractivity contribution is -0.273. The van der Waals surface area contributed by atoms with E-state index >= 15 is 0 Å². The van der Waals surface area contributed by atoms with Crippen LogP contribution in [0.5, 0.6) is 0 Å². The number of hydrogen-bond acceptors (Lipinski definition) is 2. The van der Waals surface area contributed by atoms with E-state index in [4.69, 9.17) is 0 Å². The van der Waals surface area contributed by atoms with Crippen LogP contribution in [-0.2, 0) is 0 Å². The number of halogens is 3. The van der Waals surface area contributed by atoms with Crippen molar-refractivity contribution in [2.45, 2.75) is 58.5 Å². The zero-order chi connectivity index (χ0) is 12.7. The summed E-state index contributed by atoms with van der Waals surface area (Å²) in [5.41, 5.74) is -0.0780. The molecular weight excluding hydrogens is 217 g/mol. The van der Waals surface area contributed by atoms with Gasteiger partial charge in [-0.15, -0.1) is 0 Å². The molecule has 0 saturated carbocycles. The van der Waals surface area contributed by atoms with Gasteiger partial charge in [0, 0.05) is 30.7 Å². The van der Waals surface area contributed by atoms with Gasteiger partial charge in [-0.3, -0.25) is 4.90 Å². The number of hydrogen-bond donors (Lipinski definition) is 0. The van der Waals surface area contributed by atoms with E-state index < -0.39 is 12.3 Å². The number of rotatable bonds is 0. The van der Waals surface area contributed by atoms with Gasteiger partial charge in [0.1, 0.15) is 0 Å². The average molecular weight is 238 g/mol. The maximum absolute atomic E-state index is 12.7. The van der Waals surface area contributed by atoms with Gasteiger partial charge in [0.2, 0.25) is 0 Å². The van der Waals surface area contributed by atoms with Crippen LogP contribution in [-0.4, -0.2) is 46.8 Å². The summed E-state index contributed by atoms with van der Waals surface area (Å²) in [6.07, 6.45) is -4.21. The predicted molar refractivity (Wildman–Crippen MR) is 58.1 cm³/mol. The van der Waals surface area contributed by atoms with Crippen LogP contribution in [0.4, 0.5) is 13.2 Å². The third-order valence-corrected chi connectivity index (χ3v) is 3.45. The minimum absolute atomic E-state index is 0.0618. The molecule has 0 amide bonds. The van der Waals surface area contributed by atoms with E-state index in [-0.39, 0.29) is 18.1 Å². The summed E-state index contributed by atoms with van der Waals surface area (Å²) in [7, 11) is 0. The summed E-state index contributed by atoms with van der Waals surface area (Å²) in [4.78, 5) is 2.78. The lowest BCUT2D eigenvalue weighted by Crippen LogP contribution is -2.64. The van der Waals surface area contributed by atoms with Gasteiger partial charge < -0.3 is 0 Å². The topological polar surface area (TPSA) is 6.48 Å². The van der Waals surface area contributed by atoms with Crippen molar-refractivity contribution < 1.29 is 13.2 Å². The van der Waals surface area contributed by atoms with Gasteiger partial charge in [0.25, 0.3) is 0 Å². The fraction of sp³-hybridized carbons (Fsp3) is 1.00. The van der Waals surface area contributed by atoms with E-state index in [0.717, 1.165) is 0 Å². The van der Waals surface area contributed by atoms with Crippen LogP contribution < -0.4 is 0 Å². The molecule has 96 valence electrons. The standard InChI is InChI=1S/C11H21F3N2/c1-8-9(2)16(11(12,13)14)7-6-15(8)10(3,4)5/h8-9H,6-7H2,1-5H3/t8-,9+/m1/s1. The summed E-state index contributed by atoms with van der Waals surface area (Å²) in [6, 6.07) is -0.580. The SMILES string of the molecule is C[C@@H]1[C@H](C)N(C(F)(F)F)CCN1C(C)(C)C. The van der Waals surface area contributed by atoms with Crippen LogP contribution in [0.1, 0.15) is 34.6 Å². The highest BCUT2D eigenvalue weighted by Crippen LogP contribution is 2.31. The molecule has 0 aromatic carbocycles. The van der Waals surface area contributed by atoms with Gasteiger partial charge in [0.05, 0.1) is 0 Å². The molecule has 1 aliphatic rings. The molecule has 0 N–H and O–H groups in total. The first kappa shape index (κ1) is 13.8. The first-order valence-corrected chi connectivity index (χ1v) is 5.65. The van der Waals surface area contributed by atoms with Crippen LogP contribution in [0, 0.1) is 0 Å². The lowest BCUT2D eigenvalue weighted by Gasteiger charge is -2.50. The second-order valence-electron chi connectivity index (χ2n) is 5.51. The Morgan fingerprint density at radius 1 is 0.875 bits per heavy atom. The van der Waals surface area contributed by atoms with Gasteiger partial charge in [-0.05, 0) is 34.6 Å². The Kier molecular flexibility index (Phi) is 3.60. The third kappa shape index (κ3) is 2.69. The Hall–Kier alpha value is -0.290. The molecule has 0 aromatic heterocycles. The molecule has 0 radical (unpaired) electrons. The first-order chi connectivity index (χ1) is 7.05. The Morgan fingerprint density at radius 2 is 1.25 bits per heavy atom. The van der Waals surface area contributed by atoms with Crippen molar-refractivity contribution in [2.24, 2.45) is 0 Å². The van der Waals surface area contributed by atoms with Crippen LogP contribution in [0.15, 0.2) is 0 Å². The van der Waals surface area contributed by atoms with E-state index in [2.05, 4.69) is 4.90 Å². The maximum atomic E-state index is 12.7. The van der Waals surface area contributed by atoms with Gasteiger partial charge >= 0.3 is 6.30 Å². The van der Waals surface area contributed by atoms with Gasteiger partial charge in [-0.1, -0.05) is 0 Å². The summed E-state index contributed by atoms with van der Waals surface area (Å²) in [5.74, 6) is 0. The van der Waals surface area contributed by atoms with Crippen LogP contribution in [0.25, 0.3) is 0 Å². The van der Waals surface area contributed by atoms with E-state index in [0.29, 0.717) is 11.4 Å². The Bertz CT molecular complexity index is 219. The van der Waals surface area contributed by atoms with Crippen LogP contribution in [0.2, 0.25) is 0 Å². The molecule has 1 saturated heterocycles. The summed E-state index contributed by atoms with van der Waals surface area (Å²) < 4.78 is 38.1. The molecule has 2 nitrogen and oxygen atoms in total. The molecule has 0 aromatic rings. The highest BCUT2D eigenvalue weighted by atomic mass is 19.4. The molecule has 0 unspecified atom stereocenters. The largest absolute Gasteiger partial charge is 0.460 e. The van der Waals surface area contributed by atoms with Gasteiger partial charge in [0.15, 0.2) is 0 Å². The Balaban J connectivity index is 2.81. The maximum Gasteiger partial charge on any atom is 0.460 e. The zero-order valence-corrected chi connectivity index (χ0v) is 10.6. The van der Waals surface area contributed by atoms with Crippen molar-refractivity contribution >= 4 is 0 Å². The zero-order valence-electron chi connectivity index (χ0n) is 10.6. The number of nitrogens with zero attached hydrogens (tertiary/aromatic N) is 2. The lowest BCUT2D eigenvalue weighted by atomic mass is 9.97. The third-order valence-electron chi connectivity index (χ3n) is 3.45. The molecular formula is C11H21F3N2. The van der Waals surface area contributed by atoms with Crippen molar-refractivity contribution in [3.8, 4) is 0 Å². The molecule has 5 heteroatoms. The highest BCUT2D eigenvalue weighted by molar-refractivity contribution is 4.92. The summed E-state index contributed by atoms with van der Waals surface area (Å²) in [5, 5.41) is 0. The number of alkyl halides is 3. The van der Waals surface area contributed by atoms with Crippen molar-refractivity contribution in [1.82, 2.24) is 9.80 Å². The Labute approximate surface area is 95.4 Å².